The van der Waals surface area contributed by atoms with E-state index in [1.165, 1.54) is 37.4 Å². The molecule has 0 bridgehead atoms. The van der Waals surface area contributed by atoms with Crippen molar-refractivity contribution >= 4 is 27.9 Å². The summed E-state index contributed by atoms with van der Waals surface area (Å²) in [6.45, 7) is 0.154. The van der Waals surface area contributed by atoms with Gasteiger partial charge in [0.1, 0.15) is 18.1 Å². The number of benzene rings is 2. The van der Waals surface area contributed by atoms with Crippen LogP contribution in [0.4, 0.5) is 0 Å². The molecule has 2 aromatic carbocycles. The number of carbonyl (C=O) groups is 2. The SMILES string of the molecule is CNS(=O)(=O)c1ccc(/C=C/C(=O)NNC(=O)c2ccc(COc3ccccc3)o2)cc1. The number of hydrogen-bond donors (Lipinski definition) is 3. The lowest BCUT2D eigenvalue weighted by atomic mass is 10.2. The summed E-state index contributed by atoms with van der Waals surface area (Å²) >= 11 is 0. The van der Waals surface area contributed by atoms with Crippen molar-refractivity contribution in [1.82, 2.24) is 15.6 Å². The molecular formula is C22H21N3O6S. The highest BCUT2D eigenvalue weighted by Crippen LogP contribution is 2.14. The number of ether oxygens (including phenoxy) is 1. The topological polar surface area (TPSA) is 127 Å². The zero-order chi connectivity index (χ0) is 23.0. The van der Waals surface area contributed by atoms with Gasteiger partial charge in [0.05, 0.1) is 4.90 Å². The molecule has 0 atom stereocenters. The molecule has 0 saturated carbocycles. The molecule has 3 N–H and O–H groups in total. The number of sulfonamides is 1. The molecule has 0 aliphatic carbocycles. The van der Waals surface area contributed by atoms with Crippen LogP contribution in [0, 0.1) is 0 Å². The Labute approximate surface area is 185 Å². The van der Waals surface area contributed by atoms with E-state index in [2.05, 4.69) is 15.6 Å². The van der Waals surface area contributed by atoms with E-state index in [-0.39, 0.29) is 17.3 Å². The van der Waals surface area contributed by atoms with Gasteiger partial charge in [0, 0.05) is 6.08 Å². The largest absolute Gasteiger partial charge is 0.486 e. The summed E-state index contributed by atoms with van der Waals surface area (Å²) in [6.07, 6.45) is 2.67. The fourth-order valence-corrected chi connectivity index (χ4v) is 3.25. The van der Waals surface area contributed by atoms with Crippen LogP contribution in [0.1, 0.15) is 21.9 Å². The Morgan fingerprint density at radius 1 is 0.969 bits per heavy atom. The smallest absolute Gasteiger partial charge is 0.305 e. The van der Waals surface area contributed by atoms with E-state index in [4.69, 9.17) is 9.15 Å². The molecule has 3 rings (SSSR count). The fourth-order valence-electron chi connectivity index (χ4n) is 2.52. The third-order valence-corrected chi connectivity index (χ3v) is 5.63. The Hall–Kier alpha value is -3.89. The van der Waals surface area contributed by atoms with Gasteiger partial charge in [-0.1, -0.05) is 30.3 Å². The lowest BCUT2D eigenvalue weighted by Gasteiger charge is -2.04. The summed E-state index contributed by atoms with van der Waals surface area (Å²) in [7, 11) is -2.20. The average molecular weight is 455 g/mol. The van der Waals surface area contributed by atoms with Crippen molar-refractivity contribution in [2.24, 2.45) is 0 Å². The molecule has 3 aromatic rings. The minimum Gasteiger partial charge on any atom is -0.486 e. The van der Waals surface area contributed by atoms with E-state index in [9.17, 15) is 18.0 Å². The van der Waals surface area contributed by atoms with E-state index >= 15 is 0 Å². The van der Waals surface area contributed by atoms with Crippen molar-refractivity contribution in [3.8, 4) is 5.75 Å². The minimum absolute atomic E-state index is 0.0160. The number of furan rings is 1. The number of amides is 2. The summed E-state index contributed by atoms with van der Waals surface area (Å²) in [5, 5.41) is 0. The molecular weight excluding hydrogens is 434 g/mol. The molecule has 32 heavy (non-hydrogen) atoms. The van der Waals surface area contributed by atoms with Gasteiger partial charge in [0.15, 0.2) is 5.76 Å². The predicted octanol–water partition coefficient (Wildman–Crippen LogP) is 2.24. The van der Waals surface area contributed by atoms with Gasteiger partial charge in [0.2, 0.25) is 10.0 Å². The highest BCUT2D eigenvalue weighted by Gasteiger charge is 2.12. The van der Waals surface area contributed by atoms with Crippen molar-refractivity contribution in [3.63, 3.8) is 0 Å². The van der Waals surface area contributed by atoms with Crippen molar-refractivity contribution in [1.29, 1.82) is 0 Å². The lowest BCUT2D eigenvalue weighted by molar-refractivity contribution is -0.117. The van der Waals surface area contributed by atoms with Gasteiger partial charge in [-0.3, -0.25) is 20.4 Å². The molecule has 0 spiro atoms. The molecule has 0 radical (unpaired) electrons. The van der Waals surface area contributed by atoms with Crippen molar-refractivity contribution in [2.45, 2.75) is 11.5 Å². The molecule has 0 aliphatic heterocycles. The van der Waals surface area contributed by atoms with Crippen LogP contribution in [0.5, 0.6) is 5.75 Å². The van der Waals surface area contributed by atoms with E-state index in [1.54, 1.807) is 30.3 Å². The Balaban J connectivity index is 1.47. The molecule has 10 heteroatoms. The second-order valence-corrected chi connectivity index (χ2v) is 8.31. The fraction of sp³-hybridized carbons (Fsp3) is 0.0909. The van der Waals surface area contributed by atoms with Crippen LogP contribution in [0.2, 0.25) is 0 Å². The summed E-state index contributed by atoms with van der Waals surface area (Å²) in [4.78, 5) is 24.2. The maximum atomic E-state index is 12.1. The number of nitrogens with one attached hydrogen (secondary N) is 3. The van der Waals surface area contributed by atoms with E-state index in [0.717, 1.165) is 0 Å². The van der Waals surface area contributed by atoms with Gasteiger partial charge in [0.25, 0.3) is 5.91 Å². The van der Waals surface area contributed by atoms with Crippen molar-refractivity contribution in [3.05, 3.63) is 89.9 Å². The van der Waals surface area contributed by atoms with Crippen LogP contribution in [-0.2, 0) is 21.4 Å². The molecule has 2 amide bonds. The molecule has 9 nitrogen and oxygen atoms in total. The molecule has 0 fully saturated rings. The van der Waals surface area contributed by atoms with Gasteiger partial charge in [-0.15, -0.1) is 0 Å². The van der Waals surface area contributed by atoms with Gasteiger partial charge in [-0.05, 0) is 55.1 Å². The third kappa shape index (κ3) is 6.30. The van der Waals surface area contributed by atoms with Crippen LogP contribution in [0.3, 0.4) is 0 Å². The normalized spacial score (nSPS) is 11.3. The Morgan fingerprint density at radius 2 is 1.69 bits per heavy atom. The quantitative estimate of drug-likeness (QED) is 0.353. The predicted molar refractivity (Wildman–Crippen MR) is 117 cm³/mol. The first-order valence-electron chi connectivity index (χ1n) is 9.46. The summed E-state index contributed by atoms with van der Waals surface area (Å²) in [5.41, 5.74) is 5.09. The second-order valence-electron chi connectivity index (χ2n) is 6.42. The molecule has 0 saturated heterocycles. The molecule has 0 unspecified atom stereocenters. The first kappa shape index (κ1) is 22.8. The zero-order valence-corrected chi connectivity index (χ0v) is 17.9. The van der Waals surface area contributed by atoms with Crippen LogP contribution < -0.4 is 20.3 Å². The monoisotopic (exact) mass is 455 g/mol. The van der Waals surface area contributed by atoms with Crippen LogP contribution in [0.15, 0.2) is 82.1 Å². The van der Waals surface area contributed by atoms with Crippen LogP contribution in [-0.4, -0.2) is 27.3 Å². The minimum atomic E-state index is -3.52. The maximum absolute atomic E-state index is 12.1. The Bertz CT molecular complexity index is 1200. The number of rotatable bonds is 8. The molecule has 1 aromatic heterocycles. The van der Waals surface area contributed by atoms with E-state index < -0.39 is 21.8 Å². The number of hydrazine groups is 1. The molecule has 166 valence electrons. The average Bonchev–Trinajstić information content (AvgIpc) is 3.30. The van der Waals surface area contributed by atoms with Crippen molar-refractivity contribution in [2.75, 3.05) is 7.05 Å². The van der Waals surface area contributed by atoms with E-state index in [1.807, 2.05) is 18.2 Å². The first-order valence-corrected chi connectivity index (χ1v) is 10.9. The van der Waals surface area contributed by atoms with Gasteiger partial charge >= 0.3 is 5.91 Å². The standard InChI is InChI=1S/C22H21N3O6S/c1-23-32(28,29)19-11-7-16(8-12-19)9-14-21(26)24-25-22(27)20-13-10-18(31-20)15-30-17-5-3-2-4-6-17/h2-14,23H,15H2,1H3,(H,24,26)(H,25,27)/b14-9+. The highest BCUT2D eigenvalue weighted by atomic mass is 32.2. The Morgan fingerprint density at radius 3 is 2.38 bits per heavy atom. The number of para-hydroxylation sites is 1. The van der Waals surface area contributed by atoms with Gasteiger partial charge in [-0.2, -0.15) is 0 Å². The summed E-state index contributed by atoms with van der Waals surface area (Å²) in [6, 6.07) is 18.2. The van der Waals surface area contributed by atoms with Gasteiger partial charge < -0.3 is 9.15 Å². The van der Waals surface area contributed by atoms with Crippen molar-refractivity contribution < 1.29 is 27.2 Å². The second kappa shape index (κ2) is 10.4. The first-order chi connectivity index (χ1) is 15.4. The Kier molecular flexibility index (Phi) is 7.42. The van der Waals surface area contributed by atoms with E-state index in [0.29, 0.717) is 17.1 Å². The van der Waals surface area contributed by atoms with Crippen LogP contribution >= 0.6 is 0 Å². The lowest BCUT2D eigenvalue weighted by Crippen LogP contribution is -2.40. The van der Waals surface area contributed by atoms with Crippen LogP contribution in [0.25, 0.3) is 6.08 Å². The number of carbonyl (C=O) groups excluding carboxylic acids is 2. The maximum Gasteiger partial charge on any atom is 0.305 e. The van der Waals surface area contributed by atoms with Gasteiger partial charge in [-0.25, -0.2) is 13.1 Å². The summed E-state index contributed by atoms with van der Waals surface area (Å²) < 4.78 is 36.6. The highest BCUT2D eigenvalue weighted by molar-refractivity contribution is 7.89. The summed E-state index contributed by atoms with van der Waals surface area (Å²) in [5.74, 6) is -0.0627. The molecule has 1 heterocycles. The third-order valence-electron chi connectivity index (χ3n) is 4.20. The molecule has 0 aliphatic rings. The zero-order valence-electron chi connectivity index (χ0n) is 17.1. The number of hydrogen-bond acceptors (Lipinski definition) is 6.